The Morgan fingerprint density at radius 1 is 1.69 bits per heavy atom. The molecule has 0 unspecified atom stereocenters. The van der Waals surface area contributed by atoms with Gasteiger partial charge in [-0.3, -0.25) is 10.4 Å². The van der Waals surface area contributed by atoms with E-state index in [1.807, 2.05) is 6.07 Å². The van der Waals surface area contributed by atoms with Crippen molar-refractivity contribution in [1.29, 1.82) is 5.41 Å². The minimum Gasteiger partial charge on any atom is -0.396 e. The van der Waals surface area contributed by atoms with Crippen LogP contribution in [0.4, 0.5) is 0 Å². The highest BCUT2D eigenvalue weighted by Gasteiger charge is 1.99. The highest BCUT2D eigenvalue weighted by Crippen LogP contribution is 2.16. The second kappa shape index (κ2) is 4.84. The normalized spacial score (nSPS) is 9.92. The molecule has 4 nitrogen and oxygen atoms in total. The van der Waals surface area contributed by atoms with E-state index in [0.29, 0.717) is 11.4 Å². The van der Waals surface area contributed by atoms with E-state index in [9.17, 15) is 0 Å². The molecule has 0 spiro atoms. The number of pyridine rings is 1. The minimum absolute atomic E-state index is 0.0357. The molecule has 0 amide bonds. The molecule has 0 aliphatic carbocycles. The van der Waals surface area contributed by atoms with Gasteiger partial charge in [0.05, 0.1) is 6.61 Å². The molecule has 1 rings (SSSR count). The molecule has 13 heavy (non-hydrogen) atoms. The van der Waals surface area contributed by atoms with Crippen molar-refractivity contribution < 1.29 is 5.11 Å². The number of aliphatic hydroxyl groups excluding tert-OH is 1. The lowest BCUT2D eigenvalue weighted by Crippen LogP contribution is -2.12. The van der Waals surface area contributed by atoms with Crippen molar-refractivity contribution in [2.75, 3.05) is 12.4 Å². The van der Waals surface area contributed by atoms with Gasteiger partial charge in [0.25, 0.3) is 0 Å². The SMILES string of the molecule is N=C(N)c1cc(SCCO)ccn1. The number of aromatic nitrogens is 1. The summed E-state index contributed by atoms with van der Waals surface area (Å²) in [5, 5.41) is 15.8. The molecule has 0 radical (unpaired) electrons. The Morgan fingerprint density at radius 3 is 3.08 bits per heavy atom. The van der Waals surface area contributed by atoms with Crippen LogP contribution in [-0.4, -0.2) is 28.3 Å². The number of nitrogens with two attached hydrogens (primary N) is 1. The molecular weight excluding hydrogens is 186 g/mol. The van der Waals surface area contributed by atoms with Crippen molar-refractivity contribution in [2.24, 2.45) is 5.73 Å². The molecule has 0 aliphatic heterocycles. The average Bonchev–Trinajstić information content (AvgIpc) is 2.15. The lowest BCUT2D eigenvalue weighted by atomic mass is 10.3. The van der Waals surface area contributed by atoms with Crippen LogP contribution >= 0.6 is 11.8 Å². The fraction of sp³-hybridized carbons (Fsp3) is 0.250. The smallest absolute Gasteiger partial charge is 0.141 e. The van der Waals surface area contributed by atoms with E-state index in [2.05, 4.69) is 4.98 Å². The van der Waals surface area contributed by atoms with Gasteiger partial charge in [-0.15, -0.1) is 11.8 Å². The van der Waals surface area contributed by atoms with Crippen molar-refractivity contribution >= 4 is 17.6 Å². The summed E-state index contributed by atoms with van der Waals surface area (Å²) < 4.78 is 0. The molecule has 1 aromatic rings. The maximum atomic E-state index is 8.60. The number of nitrogens with zero attached hydrogens (tertiary/aromatic N) is 1. The van der Waals surface area contributed by atoms with E-state index in [0.717, 1.165) is 4.90 Å². The number of amidine groups is 1. The first-order valence-corrected chi connectivity index (χ1v) is 4.76. The van der Waals surface area contributed by atoms with Crippen molar-refractivity contribution in [1.82, 2.24) is 4.98 Å². The van der Waals surface area contributed by atoms with Crippen LogP contribution in [0.3, 0.4) is 0 Å². The fourth-order valence-electron chi connectivity index (χ4n) is 0.812. The first-order chi connectivity index (χ1) is 6.24. The van der Waals surface area contributed by atoms with Gasteiger partial charge in [0.2, 0.25) is 0 Å². The second-order valence-electron chi connectivity index (χ2n) is 2.36. The lowest BCUT2D eigenvalue weighted by molar-refractivity contribution is 0.322. The van der Waals surface area contributed by atoms with Crippen molar-refractivity contribution in [3.05, 3.63) is 24.0 Å². The molecule has 0 bridgehead atoms. The van der Waals surface area contributed by atoms with Crippen LogP contribution in [0.5, 0.6) is 0 Å². The average molecular weight is 197 g/mol. The van der Waals surface area contributed by atoms with E-state index in [4.69, 9.17) is 16.2 Å². The lowest BCUT2D eigenvalue weighted by Gasteiger charge is -2.01. The Morgan fingerprint density at radius 2 is 2.46 bits per heavy atom. The Bertz CT molecular complexity index is 303. The zero-order valence-electron chi connectivity index (χ0n) is 7.03. The molecule has 0 saturated carbocycles. The van der Waals surface area contributed by atoms with Gasteiger partial charge in [0, 0.05) is 16.8 Å². The Balaban J connectivity index is 2.73. The predicted molar refractivity (Wildman–Crippen MR) is 53.1 cm³/mol. The van der Waals surface area contributed by atoms with Crippen LogP contribution in [0.25, 0.3) is 0 Å². The minimum atomic E-state index is -0.0357. The van der Waals surface area contributed by atoms with E-state index in [1.54, 1.807) is 12.3 Å². The summed E-state index contributed by atoms with van der Waals surface area (Å²) in [5.41, 5.74) is 5.75. The standard InChI is InChI=1S/C8H11N3OS/c9-8(10)7-5-6(1-2-11-7)13-4-3-12/h1-2,5,12H,3-4H2,(H3,9,10). The van der Waals surface area contributed by atoms with Crippen molar-refractivity contribution in [3.63, 3.8) is 0 Å². The van der Waals surface area contributed by atoms with Gasteiger partial charge in [-0.1, -0.05) is 0 Å². The molecule has 5 heteroatoms. The maximum Gasteiger partial charge on any atom is 0.141 e. The third-order valence-electron chi connectivity index (χ3n) is 1.37. The van der Waals surface area contributed by atoms with E-state index >= 15 is 0 Å². The Kier molecular flexibility index (Phi) is 3.72. The predicted octanol–water partition coefficient (Wildman–Crippen LogP) is 0.450. The molecular formula is C8H11N3OS. The second-order valence-corrected chi connectivity index (χ2v) is 3.53. The summed E-state index contributed by atoms with van der Waals surface area (Å²) in [5.74, 6) is 0.605. The number of hydrogen-bond donors (Lipinski definition) is 3. The summed E-state index contributed by atoms with van der Waals surface area (Å²) in [6.07, 6.45) is 1.61. The van der Waals surface area contributed by atoms with Gasteiger partial charge in [0.1, 0.15) is 11.5 Å². The zero-order chi connectivity index (χ0) is 9.68. The highest BCUT2D eigenvalue weighted by molar-refractivity contribution is 7.99. The number of nitrogen functional groups attached to an aromatic ring is 1. The summed E-state index contributed by atoms with van der Waals surface area (Å²) in [4.78, 5) is 4.89. The summed E-state index contributed by atoms with van der Waals surface area (Å²) in [6, 6.07) is 3.56. The summed E-state index contributed by atoms with van der Waals surface area (Å²) >= 11 is 1.51. The molecule has 0 fully saturated rings. The van der Waals surface area contributed by atoms with Gasteiger partial charge >= 0.3 is 0 Å². The molecule has 1 aromatic heterocycles. The van der Waals surface area contributed by atoms with Gasteiger partial charge in [0.15, 0.2) is 0 Å². The molecule has 0 saturated heterocycles. The quantitative estimate of drug-likeness (QED) is 0.372. The molecule has 0 aromatic carbocycles. The third kappa shape index (κ3) is 3.04. The first-order valence-electron chi connectivity index (χ1n) is 3.78. The molecule has 0 aliphatic rings. The van der Waals surface area contributed by atoms with Crippen molar-refractivity contribution in [2.45, 2.75) is 4.90 Å². The number of thioether (sulfide) groups is 1. The summed E-state index contributed by atoms with van der Waals surface area (Å²) in [6.45, 7) is 0.141. The topological polar surface area (TPSA) is 83.0 Å². The largest absolute Gasteiger partial charge is 0.396 e. The number of rotatable bonds is 4. The fourth-order valence-corrected chi connectivity index (χ4v) is 1.49. The molecule has 70 valence electrons. The molecule has 4 N–H and O–H groups in total. The maximum absolute atomic E-state index is 8.60. The molecule has 1 heterocycles. The number of hydrogen-bond acceptors (Lipinski definition) is 4. The van der Waals surface area contributed by atoms with Crippen LogP contribution in [0, 0.1) is 5.41 Å². The zero-order valence-corrected chi connectivity index (χ0v) is 7.84. The van der Waals surface area contributed by atoms with Crippen LogP contribution in [0.15, 0.2) is 23.2 Å². The first kappa shape index (κ1) is 10.0. The van der Waals surface area contributed by atoms with Gasteiger partial charge in [-0.05, 0) is 12.1 Å². The monoisotopic (exact) mass is 197 g/mol. The van der Waals surface area contributed by atoms with Crippen LogP contribution in [0.1, 0.15) is 5.69 Å². The van der Waals surface area contributed by atoms with Gasteiger partial charge in [-0.25, -0.2) is 0 Å². The number of aliphatic hydroxyl groups is 1. The van der Waals surface area contributed by atoms with Crippen LogP contribution in [-0.2, 0) is 0 Å². The Labute approximate surface area is 80.7 Å². The van der Waals surface area contributed by atoms with E-state index in [-0.39, 0.29) is 12.4 Å². The van der Waals surface area contributed by atoms with E-state index < -0.39 is 0 Å². The van der Waals surface area contributed by atoms with Gasteiger partial charge in [-0.2, -0.15) is 0 Å². The molecule has 0 atom stereocenters. The number of nitrogens with one attached hydrogen (secondary N) is 1. The van der Waals surface area contributed by atoms with Crippen LogP contribution < -0.4 is 5.73 Å². The van der Waals surface area contributed by atoms with Crippen LogP contribution in [0.2, 0.25) is 0 Å². The summed E-state index contributed by atoms with van der Waals surface area (Å²) in [7, 11) is 0. The highest BCUT2D eigenvalue weighted by atomic mass is 32.2. The Hall–Kier alpha value is -1.07. The van der Waals surface area contributed by atoms with Gasteiger partial charge < -0.3 is 10.8 Å². The third-order valence-corrected chi connectivity index (χ3v) is 2.34. The van der Waals surface area contributed by atoms with E-state index in [1.165, 1.54) is 11.8 Å². The van der Waals surface area contributed by atoms with Crippen molar-refractivity contribution in [3.8, 4) is 0 Å².